The Bertz CT molecular complexity index is 720. The first-order valence-electron chi connectivity index (χ1n) is 8.40. The van der Waals surface area contributed by atoms with E-state index in [1.54, 1.807) is 7.05 Å². The van der Waals surface area contributed by atoms with Crippen LogP contribution < -0.4 is 5.32 Å². The summed E-state index contributed by atoms with van der Waals surface area (Å²) in [5.41, 5.74) is 4.13. The summed E-state index contributed by atoms with van der Waals surface area (Å²) in [5.74, 6) is -2.40. The van der Waals surface area contributed by atoms with Crippen molar-refractivity contribution in [2.75, 3.05) is 13.6 Å². The molecule has 0 spiro atoms. The predicted octanol–water partition coefficient (Wildman–Crippen LogP) is 1.56. The molecule has 1 aromatic rings. The Balaban J connectivity index is 0.00000338. The number of aryl methyl sites for hydroxylation is 1. The van der Waals surface area contributed by atoms with Gasteiger partial charge in [-0.25, -0.2) is 0 Å². The van der Waals surface area contributed by atoms with Gasteiger partial charge in [0.2, 0.25) is 11.8 Å². The van der Waals surface area contributed by atoms with Crippen LogP contribution in [0.3, 0.4) is 0 Å². The molecule has 2 rings (SSSR count). The fourth-order valence-electron chi connectivity index (χ4n) is 3.15. The van der Waals surface area contributed by atoms with Crippen molar-refractivity contribution in [3.05, 3.63) is 34.4 Å². The maximum Gasteiger partial charge on any atom is 0.308 e. The second-order valence-electron chi connectivity index (χ2n) is 6.86. The zero-order chi connectivity index (χ0) is 18.9. The number of amides is 2. The molecule has 0 bridgehead atoms. The molecule has 1 aromatic carbocycles. The minimum absolute atomic E-state index is 0. The molecule has 0 aliphatic carbocycles. The zero-order valence-corrected chi connectivity index (χ0v) is 20.0. The van der Waals surface area contributed by atoms with Gasteiger partial charge in [0, 0.05) is 50.6 Å². The molecule has 3 atom stereocenters. The quantitative estimate of drug-likeness (QED) is 0.516. The molecule has 1 fully saturated rings. The summed E-state index contributed by atoms with van der Waals surface area (Å²) in [4.78, 5) is 37.4. The predicted molar refractivity (Wildman–Crippen MR) is 93.2 cm³/mol. The average molecular weight is 583 g/mol. The van der Waals surface area contributed by atoms with E-state index < -0.39 is 17.9 Å². The van der Waals surface area contributed by atoms with Crippen molar-refractivity contribution >= 4 is 17.8 Å². The van der Waals surface area contributed by atoms with Crippen molar-refractivity contribution in [3.8, 4) is 0 Å². The number of nitrogens with one attached hydrogen (secondary N) is 1. The van der Waals surface area contributed by atoms with E-state index in [0.29, 0.717) is 6.42 Å². The van der Waals surface area contributed by atoms with Crippen LogP contribution in [0.5, 0.6) is 0 Å². The minimum atomic E-state index is -0.963. The molecule has 7 heteroatoms. The maximum absolute atomic E-state index is 12.7. The van der Waals surface area contributed by atoms with Crippen LogP contribution in [0.15, 0.2) is 6.07 Å². The second kappa shape index (κ2) is 9.05. The van der Waals surface area contributed by atoms with E-state index in [-0.39, 0.29) is 55.4 Å². The van der Waals surface area contributed by atoms with Crippen LogP contribution in [-0.4, -0.2) is 47.4 Å². The number of carbonyl (C=O) groups is 3. The molecular formula is C19H25N2O4U-. The molecule has 1 aliphatic rings. The van der Waals surface area contributed by atoms with Gasteiger partial charge >= 0.3 is 5.97 Å². The number of carboxylic acid groups (broad SMARTS) is 1. The Kier molecular flexibility index (Phi) is 7.91. The van der Waals surface area contributed by atoms with E-state index in [0.717, 1.165) is 22.3 Å². The fraction of sp³-hybridized carbons (Fsp3) is 0.526. The molecule has 0 saturated carbocycles. The van der Waals surface area contributed by atoms with Gasteiger partial charge < -0.3 is 15.3 Å². The molecule has 0 aromatic heterocycles. The topological polar surface area (TPSA) is 86.7 Å². The van der Waals surface area contributed by atoms with Crippen LogP contribution >= 0.6 is 0 Å². The molecule has 1 heterocycles. The number of hydrogen-bond acceptors (Lipinski definition) is 3. The summed E-state index contributed by atoms with van der Waals surface area (Å²) < 4.78 is 0. The van der Waals surface area contributed by atoms with Crippen LogP contribution in [0.1, 0.15) is 41.5 Å². The number of rotatable bonds is 5. The Labute approximate surface area is 178 Å². The van der Waals surface area contributed by atoms with Crippen LogP contribution in [-0.2, 0) is 14.4 Å². The first-order chi connectivity index (χ1) is 11.6. The SMILES string of the molecule is Cc1[c-]cc(C2CC(C(=O)NCC(C)C(=O)O)N(C)C2=O)c(C)c1C.[U]. The Hall–Kier alpha value is -1.32. The molecule has 3 unspecified atom stereocenters. The first-order valence-corrected chi connectivity index (χ1v) is 8.40. The second-order valence-corrected chi connectivity index (χ2v) is 6.86. The first kappa shape index (κ1) is 22.7. The summed E-state index contributed by atoms with van der Waals surface area (Å²) in [7, 11) is 1.62. The van der Waals surface area contributed by atoms with Crippen molar-refractivity contribution < 1.29 is 50.6 Å². The molecule has 0 radical (unpaired) electrons. The fourth-order valence-corrected chi connectivity index (χ4v) is 3.15. The summed E-state index contributed by atoms with van der Waals surface area (Å²) in [6.45, 7) is 7.55. The van der Waals surface area contributed by atoms with Crippen molar-refractivity contribution in [2.45, 2.75) is 46.1 Å². The number of hydrogen-bond donors (Lipinski definition) is 2. The van der Waals surface area contributed by atoms with E-state index in [2.05, 4.69) is 11.4 Å². The van der Waals surface area contributed by atoms with Crippen molar-refractivity contribution in [3.63, 3.8) is 0 Å². The monoisotopic (exact) mass is 583 g/mol. The number of likely N-dealkylation sites (tertiary alicyclic amines) is 1. The average Bonchev–Trinajstić information content (AvgIpc) is 2.86. The van der Waals surface area contributed by atoms with Crippen LogP contribution in [0, 0.1) is 63.9 Å². The molecular weight excluding hydrogens is 558 g/mol. The van der Waals surface area contributed by atoms with Crippen molar-refractivity contribution in [1.29, 1.82) is 0 Å². The number of carboxylic acids is 1. The van der Waals surface area contributed by atoms with Gasteiger partial charge in [-0.1, -0.05) is 27.7 Å². The normalized spacial score (nSPS) is 20.5. The molecule has 6 nitrogen and oxygen atoms in total. The number of carbonyl (C=O) groups excluding carboxylic acids is 2. The summed E-state index contributed by atoms with van der Waals surface area (Å²) >= 11 is 0. The molecule has 2 amide bonds. The number of aliphatic carboxylic acids is 1. The molecule has 2 N–H and O–H groups in total. The largest absolute Gasteiger partial charge is 0.481 e. The molecule has 26 heavy (non-hydrogen) atoms. The van der Waals surface area contributed by atoms with Gasteiger partial charge in [-0.3, -0.25) is 14.4 Å². The van der Waals surface area contributed by atoms with E-state index >= 15 is 0 Å². The van der Waals surface area contributed by atoms with E-state index in [1.165, 1.54) is 11.8 Å². The van der Waals surface area contributed by atoms with Gasteiger partial charge in [0.25, 0.3) is 0 Å². The van der Waals surface area contributed by atoms with E-state index in [1.807, 2.05) is 26.8 Å². The standard InChI is InChI=1S/C19H25N2O4.U/c1-10-6-7-14(13(4)12(10)3)15-8-16(21(5)18(15)23)17(22)20-9-11(2)19(24)25;/h7,11,15-16H,8-9H2,1-5H3,(H,20,22)(H,24,25);/q-1;. The van der Waals surface area contributed by atoms with Gasteiger partial charge in [-0.05, 0) is 6.42 Å². The van der Waals surface area contributed by atoms with Crippen LogP contribution in [0.25, 0.3) is 0 Å². The molecule has 140 valence electrons. The van der Waals surface area contributed by atoms with Gasteiger partial charge in [0.15, 0.2) is 0 Å². The van der Waals surface area contributed by atoms with Gasteiger partial charge in [-0.2, -0.15) is 28.8 Å². The Morgan fingerprint density at radius 1 is 1.35 bits per heavy atom. The van der Waals surface area contributed by atoms with Crippen LogP contribution in [0.2, 0.25) is 0 Å². The molecule has 1 saturated heterocycles. The van der Waals surface area contributed by atoms with E-state index in [9.17, 15) is 14.4 Å². The smallest absolute Gasteiger partial charge is 0.308 e. The van der Waals surface area contributed by atoms with Gasteiger partial charge in [-0.15, -0.1) is 5.56 Å². The van der Waals surface area contributed by atoms with Crippen molar-refractivity contribution in [2.24, 2.45) is 5.92 Å². The Morgan fingerprint density at radius 3 is 2.54 bits per heavy atom. The summed E-state index contributed by atoms with van der Waals surface area (Å²) in [6, 6.07) is 4.45. The van der Waals surface area contributed by atoms with Crippen LogP contribution in [0.4, 0.5) is 0 Å². The zero-order valence-electron chi connectivity index (χ0n) is 15.8. The third kappa shape index (κ3) is 4.50. The van der Waals surface area contributed by atoms with Crippen molar-refractivity contribution in [1.82, 2.24) is 10.2 Å². The summed E-state index contributed by atoms with van der Waals surface area (Å²) in [5, 5.41) is 11.5. The number of nitrogens with zero attached hydrogens (tertiary/aromatic N) is 1. The third-order valence-corrected chi connectivity index (χ3v) is 5.26. The maximum atomic E-state index is 12.7. The van der Waals surface area contributed by atoms with E-state index in [4.69, 9.17) is 5.11 Å². The summed E-state index contributed by atoms with van der Waals surface area (Å²) in [6.07, 6.45) is 0.389. The van der Waals surface area contributed by atoms with Gasteiger partial charge in [0.05, 0.1) is 5.92 Å². The number of likely N-dealkylation sites (N-methyl/N-ethyl adjacent to an activating group) is 1. The minimum Gasteiger partial charge on any atom is -0.481 e. The van der Waals surface area contributed by atoms with Gasteiger partial charge in [0.1, 0.15) is 6.04 Å². The Morgan fingerprint density at radius 2 is 1.96 bits per heavy atom. The molecule has 1 aliphatic heterocycles. The third-order valence-electron chi connectivity index (χ3n) is 5.26. The number of benzene rings is 1.